The van der Waals surface area contributed by atoms with Crippen molar-refractivity contribution >= 4 is 10.8 Å². The summed E-state index contributed by atoms with van der Waals surface area (Å²) in [4.78, 5) is 0. The zero-order valence-corrected chi connectivity index (χ0v) is 16.1. The minimum atomic E-state index is 0.349. The third-order valence-electron chi connectivity index (χ3n) is 5.26. The Kier molecular flexibility index (Phi) is 9.66. The van der Waals surface area contributed by atoms with Crippen LogP contribution in [0.25, 0.3) is 10.8 Å². The summed E-state index contributed by atoms with van der Waals surface area (Å²) < 4.78 is 0. The largest absolute Gasteiger partial charge is 0.396 e. The SMILES string of the molecule is CCCCCc1ccc(CCCCCCCCCO)c2ccccc12. The van der Waals surface area contributed by atoms with Crippen LogP contribution in [-0.4, -0.2) is 11.7 Å². The number of benzene rings is 2. The lowest BCUT2D eigenvalue weighted by atomic mass is 9.93. The molecule has 1 nitrogen and oxygen atoms in total. The maximum absolute atomic E-state index is 8.80. The second-order valence-electron chi connectivity index (χ2n) is 7.33. The number of rotatable bonds is 13. The smallest absolute Gasteiger partial charge is 0.0431 e. The predicted molar refractivity (Wildman–Crippen MR) is 110 cm³/mol. The number of aryl methyl sites for hydroxylation is 2. The number of unbranched alkanes of at least 4 members (excludes halogenated alkanes) is 8. The van der Waals surface area contributed by atoms with Crippen molar-refractivity contribution in [2.24, 2.45) is 0 Å². The minimum absolute atomic E-state index is 0.349. The van der Waals surface area contributed by atoms with E-state index in [2.05, 4.69) is 43.3 Å². The maximum atomic E-state index is 8.80. The van der Waals surface area contributed by atoms with Gasteiger partial charge in [0.05, 0.1) is 0 Å². The first-order valence-electron chi connectivity index (χ1n) is 10.5. The minimum Gasteiger partial charge on any atom is -0.396 e. The number of aliphatic hydroxyl groups is 1. The summed E-state index contributed by atoms with van der Waals surface area (Å²) in [5.41, 5.74) is 3.05. The lowest BCUT2D eigenvalue weighted by molar-refractivity contribution is 0.282. The van der Waals surface area contributed by atoms with Crippen LogP contribution in [0, 0.1) is 0 Å². The molecule has 0 saturated heterocycles. The van der Waals surface area contributed by atoms with Gasteiger partial charge < -0.3 is 5.11 Å². The van der Waals surface area contributed by atoms with Crippen molar-refractivity contribution in [2.45, 2.75) is 84.0 Å². The highest BCUT2D eigenvalue weighted by Crippen LogP contribution is 2.26. The molecule has 2 aromatic carbocycles. The average molecular weight is 341 g/mol. The van der Waals surface area contributed by atoms with Crippen LogP contribution in [0.4, 0.5) is 0 Å². The van der Waals surface area contributed by atoms with Crippen LogP contribution < -0.4 is 0 Å². The fraction of sp³-hybridized carbons (Fsp3) is 0.583. The Balaban J connectivity index is 1.85. The molecule has 0 aromatic heterocycles. The Hall–Kier alpha value is -1.34. The third-order valence-corrected chi connectivity index (χ3v) is 5.26. The van der Waals surface area contributed by atoms with Crippen LogP contribution in [0.2, 0.25) is 0 Å². The Labute approximate surface area is 154 Å². The maximum Gasteiger partial charge on any atom is 0.0431 e. The second-order valence-corrected chi connectivity index (χ2v) is 7.33. The molecule has 2 rings (SSSR count). The van der Waals surface area contributed by atoms with Crippen LogP contribution in [0.3, 0.4) is 0 Å². The second kappa shape index (κ2) is 12.1. The molecule has 0 bridgehead atoms. The number of hydrogen-bond acceptors (Lipinski definition) is 1. The number of aliphatic hydroxyl groups excluding tert-OH is 1. The van der Waals surface area contributed by atoms with Crippen molar-refractivity contribution in [1.82, 2.24) is 0 Å². The van der Waals surface area contributed by atoms with Crippen LogP contribution in [0.1, 0.15) is 82.3 Å². The predicted octanol–water partition coefficient (Wildman–Crippen LogP) is 6.84. The van der Waals surface area contributed by atoms with Crippen LogP contribution >= 0.6 is 0 Å². The molecule has 0 atom stereocenters. The van der Waals surface area contributed by atoms with E-state index in [4.69, 9.17) is 5.11 Å². The fourth-order valence-electron chi connectivity index (χ4n) is 3.74. The highest BCUT2D eigenvalue weighted by molar-refractivity contribution is 5.88. The topological polar surface area (TPSA) is 20.2 Å². The zero-order chi connectivity index (χ0) is 17.7. The van der Waals surface area contributed by atoms with Gasteiger partial charge in [0.2, 0.25) is 0 Å². The monoisotopic (exact) mass is 340 g/mol. The van der Waals surface area contributed by atoms with Crippen molar-refractivity contribution in [3.8, 4) is 0 Å². The van der Waals surface area contributed by atoms with Gasteiger partial charge in [-0.15, -0.1) is 0 Å². The van der Waals surface area contributed by atoms with Gasteiger partial charge in [-0.3, -0.25) is 0 Å². The van der Waals surface area contributed by atoms with Gasteiger partial charge >= 0.3 is 0 Å². The normalized spacial score (nSPS) is 11.3. The number of fused-ring (bicyclic) bond motifs is 1. The molecule has 0 spiro atoms. The lowest BCUT2D eigenvalue weighted by Crippen LogP contribution is -1.93. The van der Waals surface area contributed by atoms with E-state index in [0.717, 1.165) is 6.42 Å². The average Bonchev–Trinajstić information content (AvgIpc) is 2.65. The van der Waals surface area contributed by atoms with Gasteiger partial charge in [0.25, 0.3) is 0 Å². The van der Waals surface area contributed by atoms with E-state index in [1.165, 1.54) is 92.5 Å². The molecule has 1 heteroatoms. The molecule has 0 saturated carbocycles. The zero-order valence-electron chi connectivity index (χ0n) is 16.1. The molecule has 2 aromatic rings. The van der Waals surface area contributed by atoms with Gasteiger partial charge in [0.15, 0.2) is 0 Å². The van der Waals surface area contributed by atoms with Gasteiger partial charge in [0, 0.05) is 6.61 Å². The molecule has 138 valence electrons. The Morgan fingerprint density at radius 1 is 0.600 bits per heavy atom. The molecular weight excluding hydrogens is 304 g/mol. The molecular formula is C24H36O. The van der Waals surface area contributed by atoms with Crippen molar-refractivity contribution in [1.29, 1.82) is 0 Å². The van der Waals surface area contributed by atoms with Gasteiger partial charge in [-0.05, 0) is 54.0 Å². The Morgan fingerprint density at radius 2 is 1.08 bits per heavy atom. The van der Waals surface area contributed by atoms with Gasteiger partial charge in [-0.25, -0.2) is 0 Å². The van der Waals surface area contributed by atoms with Crippen molar-refractivity contribution in [3.05, 3.63) is 47.5 Å². The van der Waals surface area contributed by atoms with E-state index in [1.807, 2.05) is 0 Å². The molecule has 0 radical (unpaired) electrons. The molecule has 0 fully saturated rings. The molecule has 0 aliphatic carbocycles. The molecule has 25 heavy (non-hydrogen) atoms. The molecule has 1 N–H and O–H groups in total. The third kappa shape index (κ3) is 6.82. The van der Waals surface area contributed by atoms with E-state index in [-0.39, 0.29) is 0 Å². The lowest BCUT2D eigenvalue weighted by Gasteiger charge is -2.11. The van der Waals surface area contributed by atoms with Crippen molar-refractivity contribution in [2.75, 3.05) is 6.61 Å². The Bertz CT molecular complexity index is 602. The summed E-state index contributed by atoms with van der Waals surface area (Å²) in [7, 11) is 0. The highest BCUT2D eigenvalue weighted by Gasteiger charge is 2.05. The first-order valence-corrected chi connectivity index (χ1v) is 10.5. The standard InChI is InChI=1S/C24H36O/c1-2-3-9-14-21-18-19-22(24-17-12-11-16-23(21)24)15-10-7-5-4-6-8-13-20-25/h11-12,16-19,25H,2-10,13-15,20H2,1H3. The summed E-state index contributed by atoms with van der Waals surface area (Å²) in [6.45, 7) is 2.62. The van der Waals surface area contributed by atoms with Crippen LogP contribution in [-0.2, 0) is 12.8 Å². The molecule has 0 aliphatic heterocycles. The summed E-state index contributed by atoms with van der Waals surface area (Å²) in [6.07, 6.45) is 15.0. The van der Waals surface area contributed by atoms with E-state index in [0.29, 0.717) is 6.61 Å². The summed E-state index contributed by atoms with van der Waals surface area (Å²) in [6, 6.07) is 13.7. The van der Waals surface area contributed by atoms with E-state index < -0.39 is 0 Å². The molecule has 0 unspecified atom stereocenters. The molecule has 0 heterocycles. The van der Waals surface area contributed by atoms with Crippen LogP contribution in [0.15, 0.2) is 36.4 Å². The van der Waals surface area contributed by atoms with Crippen LogP contribution in [0.5, 0.6) is 0 Å². The highest BCUT2D eigenvalue weighted by atomic mass is 16.2. The Morgan fingerprint density at radius 3 is 1.60 bits per heavy atom. The molecule has 0 aliphatic rings. The summed E-state index contributed by atoms with van der Waals surface area (Å²) >= 11 is 0. The summed E-state index contributed by atoms with van der Waals surface area (Å²) in [5.74, 6) is 0. The fourth-order valence-corrected chi connectivity index (χ4v) is 3.74. The van der Waals surface area contributed by atoms with Gasteiger partial charge in [-0.2, -0.15) is 0 Å². The van der Waals surface area contributed by atoms with Gasteiger partial charge in [-0.1, -0.05) is 88.3 Å². The first-order chi connectivity index (χ1) is 12.4. The van der Waals surface area contributed by atoms with Gasteiger partial charge in [0.1, 0.15) is 0 Å². The summed E-state index contributed by atoms with van der Waals surface area (Å²) in [5, 5.41) is 11.7. The van der Waals surface area contributed by atoms with Crippen molar-refractivity contribution in [3.63, 3.8) is 0 Å². The first kappa shape index (κ1) is 20.0. The quantitative estimate of drug-likeness (QED) is 0.396. The van der Waals surface area contributed by atoms with E-state index in [1.54, 1.807) is 0 Å². The van der Waals surface area contributed by atoms with Crippen molar-refractivity contribution < 1.29 is 5.11 Å². The van der Waals surface area contributed by atoms with E-state index >= 15 is 0 Å². The molecule has 0 amide bonds. The number of hydrogen-bond donors (Lipinski definition) is 1. The van der Waals surface area contributed by atoms with E-state index in [9.17, 15) is 0 Å².